The van der Waals surface area contributed by atoms with E-state index >= 15 is 0 Å². The number of rotatable bonds is 4. The minimum Gasteiger partial charge on any atom is -0.483 e. The molecule has 0 saturated carbocycles. The van der Waals surface area contributed by atoms with Crippen LogP contribution in [0.3, 0.4) is 0 Å². The van der Waals surface area contributed by atoms with Crippen LogP contribution in [-0.4, -0.2) is 30.6 Å². The van der Waals surface area contributed by atoms with Crippen LogP contribution in [-0.2, 0) is 4.79 Å². The number of anilines is 1. The highest BCUT2D eigenvalue weighted by Crippen LogP contribution is 2.37. The Morgan fingerprint density at radius 2 is 2.00 bits per heavy atom. The lowest BCUT2D eigenvalue weighted by Gasteiger charge is -2.22. The number of hydrogen-bond donors (Lipinski definition) is 0. The molecule has 5 heteroatoms. The van der Waals surface area contributed by atoms with Gasteiger partial charge >= 0.3 is 0 Å². The summed E-state index contributed by atoms with van der Waals surface area (Å²) in [5, 5.41) is 0.459. The van der Waals surface area contributed by atoms with Crippen molar-refractivity contribution >= 4 is 29.6 Å². The molecule has 3 rings (SSSR count). The molecule has 2 aromatic carbocycles. The van der Waals surface area contributed by atoms with E-state index in [4.69, 9.17) is 4.74 Å². The number of nitrogens with zero attached hydrogens (tertiary/aromatic N) is 1. The highest BCUT2D eigenvalue weighted by atomic mass is 32.2. The van der Waals surface area contributed by atoms with Gasteiger partial charge in [0.25, 0.3) is 5.91 Å². The summed E-state index contributed by atoms with van der Waals surface area (Å²) in [6.07, 6.45) is 1.66. The van der Waals surface area contributed by atoms with Gasteiger partial charge in [0.05, 0.1) is 11.3 Å². The van der Waals surface area contributed by atoms with Crippen LogP contribution in [0.1, 0.15) is 23.7 Å². The third-order valence-electron chi connectivity index (χ3n) is 3.94. The van der Waals surface area contributed by atoms with E-state index in [-0.39, 0.29) is 12.5 Å². The Balaban J connectivity index is 1.76. The summed E-state index contributed by atoms with van der Waals surface area (Å²) in [7, 11) is 0. The fourth-order valence-corrected chi connectivity index (χ4v) is 3.79. The van der Waals surface area contributed by atoms with Crippen molar-refractivity contribution in [3.05, 3.63) is 54.1 Å². The van der Waals surface area contributed by atoms with Crippen molar-refractivity contribution in [1.29, 1.82) is 0 Å². The molecule has 0 spiro atoms. The maximum atomic E-state index is 12.7. The monoisotopic (exact) mass is 341 g/mol. The number of carbonyl (C=O) groups is 2. The molecule has 4 nitrogen and oxygen atoms in total. The molecule has 1 amide bonds. The van der Waals surface area contributed by atoms with Crippen LogP contribution in [0.2, 0.25) is 0 Å². The molecular weight excluding hydrogens is 322 g/mol. The van der Waals surface area contributed by atoms with Crippen LogP contribution in [0, 0.1) is 0 Å². The fourth-order valence-electron chi connectivity index (χ4n) is 2.67. The molecule has 2 aromatic rings. The molecule has 0 saturated heterocycles. The molecule has 0 fully saturated rings. The van der Waals surface area contributed by atoms with E-state index < -0.39 is 0 Å². The van der Waals surface area contributed by atoms with Crippen LogP contribution in [0.5, 0.6) is 5.75 Å². The summed E-state index contributed by atoms with van der Waals surface area (Å²) in [6, 6.07) is 14.9. The third kappa shape index (κ3) is 3.62. The molecule has 0 radical (unpaired) electrons. The van der Waals surface area contributed by atoms with Gasteiger partial charge in [-0.15, -0.1) is 11.8 Å². The third-order valence-corrected chi connectivity index (χ3v) is 5.18. The van der Waals surface area contributed by atoms with Crippen molar-refractivity contribution in [2.75, 3.05) is 18.1 Å². The lowest BCUT2D eigenvalue weighted by Crippen LogP contribution is -2.36. The lowest BCUT2D eigenvalue weighted by molar-refractivity contribution is -0.120. The molecule has 124 valence electrons. The van der Waals surface area contributed by atoms with E-state index in [0.29, 0.717) is 23.1 Å². The summed E-state index contributed by atoms with van der Waals surface area (Å²) >= 11 is 1.79. The minimum absolute atomic E-state index is 0.0851. The summed E-state index contributed by atoms with van der Waals surface area (Å²) in [5.41, 5.74) is 1.38. The van der Waals surface area contributed by atoms with E-state index in [2.05, 4.69) is 6.92 Å². The van der Waals surface area contributed by atoms with Crippen molar-refractivity contribution in [2.45, 2.75) is 23.5 Å². The first kappa shape index (κ1) is 16.6. The van der Waals surface area contributed by atoms with Gasteiger partial charge in [-0.25, -0.2) is 0 Å². The van der Waals surface area contributed by atoms with Gasteiger partial charge in [-0.1, -0.05) is 31.2 Å². The Morgan fingerprint density at radius 1 is 1.25 bits per heavy atom. The topological polar surface area (TPSA) is 46.6 Å². The second-order valence-corrected chi connectivity index (χ2v) is 7.15. The Labute approximate surface area is 145 Å². The SMILES string of the molecule is C[C@H]1CCN(C(=O)COc2ccccc2C=O)c2ccccc2S1. The number of fused-ring (bicyclic) bond motifs is 1. The van der Waals surface area contributed by atoms with Gasteiger partial charge in [0.2, 0.25) is 0 Å². The summed E-state index contributed by atoms with van der Waals surface area (Å²) in [6.45, 7) is 2.76. The number of thioether (sulfide) groups is 1. The first-order valence-electron chi connectivity index (χ1n) is 7.92. The first-order chi connectivity index (χ1) is 11.7. The maximum absolute atomic E-state index is 12.7. The molecule has 0 bridgehead atoms. The number of benzene rings is 2. The average Bonchev–Trinajstić information content (AvgIpc) is 2.78. The van der Waals surface area contributed by atoms with E-state index in [1.165, 1.54) is 0 Å². The van der Waals surface area contributed by atoms with Gasteiger partial charge in [-0.05, 0) is 30.7 Å². The van der Waals surface area contributed by atoms with Crippen molar-refractivity contribution in [2.24, 2.45) is 0 Å². The van der Waals surface area contributed by atoms with Crippen molar-refractivity contribution in [3.63, 3.8) is 0 Å². The van der Waals surface area contributed by atoms with Crippen molar-refractivity contribution in [3.8, 4) is 5.75 Å². The van der Waals surface area contributed by atoms with Crippen LogP contribution in [0.15, 0.2) is 53.4 Å². The van der Waals surface area contributed by atoms with Crippen LogP contribution in [0.25, 0.3) is 0 Å². The number of hydrogen-bond acceptors (Lipinski definition) is 4. The molecule has 0 aliphatic carbocycles. The second-order valence-electron chi connectivity index (χ2n) is 5.67. The molecule has 1 aliphatic heterocycles. The smallest absolute Gasteiger partial charge is 0.264 e. The maximum Gasteiger partial charge on any atom is 0.264 e. The largest absolute Gasteiger partial charge is 0.483 e. The normalized spacial score (nSPS) is 16.9. The molecule has 1 atom stereocenters. The van der Waals surface area contributed by atoms with Gasteiger partial charge in [0.1, 0.15) is 5.75 Å². The first-order valence-corrected chi connectivity index (χ1v) is 8.80. The molecule has 0 aromatic heterocycles. The van der Waals surface area contributed by atoms with Crippen LogP contribution >= 0.6 is 11.8 Å². The Hall–Kier alpha value is -2.27. The Bertz CT molecular complexity index is 747. The second kappa shape index (κ2) is 7.53. The van der Waals surface area contributed by atoms with E-state index in [1.807, 2.05) is 24.3 Å². The number of para-hydroxylation sites is 2. The van der Waals surface area contributed by atoms with Gasteiger partial charge in [-0.3, -0.25) is 9.59 Å². The minimum atomic E-state index is -0.0992. The standard InChI is InChI=1S/C19H19NO3S/c1-14-10-11-20(16-7-3-5-9-18(16)24-14)19(22)13-23-17-8-4-2-6-15(17)12-21/h2-9,12,14H,10-11,13H2,1H3/t14-/m0/s1. The Morgan fingerprint density at radius 3 is 2.83 bits per heavy atom. The predicted octanol–water partition coefficient (Wildman–Crippen LogP) is 3.80. The number of amides is 1. The highest BCUT2D eigenvalue weighted by Gasteiger charge is 2.24. The van der Waals surface area contributed by atoms with Gasteiger partial charge in [0.15, 0.2) is 12.9 Å². The fraction of sp³-hybridized carbons (Fsp3) is 0.263. The summed E-state index contributed by atoms with van der Waals surface area (Å²) in [4.78, 5) is 26.6. The zero-order valence-corrected chi connectivity index (χ0v) is 14.3. The average molecular weight is 341 g/mol. The van der Waals surface area contributed by atoms with Gasteiger partial charge in [-0.2, -0.15) is 0 Å². The van der Waals surface area contributed by atoms with E-state index in [1.54, 1.807) is 40.9 Å². The zero-order chi connectivity index (χ0) is 16.9. The van der Waals surface area contributed by atoms with Crippen molar-refractivity contribution < 1.29 is 14.3 Å². The van der Waals surface area contributed by atoms with Crippen molar-refractivity contribution in [1.82, 2.24) is 0 Å². The molecule has 0 N–H and O–H groups in total. The molecular formula is C19H19NO3S. The van der Waals surface area contributed by atoms with Gasteiger partial charge < -0.3 is 9.64 Å². The Kier molecular flexibility index (Phi) is 5.20. The summed E-state index contributed by atoms with van der Waals surface area (Å²) in [5.74, 6) is 0.338. The summed E-state index contributed by atoms with van der Waals surface area (Å²) < 4.78 is 5.60. The highest BCUT2D eigenvalue weighted by molar-refractivity contribution is 8.00. The number of aldehydes is 1. The van der Waals surface area contributed by atoms with E-state index in [0.717, 1.165) is 23.3 Å². The number of carbonyl (C=O) groups excluding carboxylic acids is 2. The number of ether oxygens (including phenoxy) is 1. The lowest BCUT2D eigenvalue weighted by atomic mass is 10.2. The molecule has 0 unspecified atom stereocenters. The van der Waals surface area contributed by atoms with E-state index in [9.17, 15) is 9.59 Å². The quantitative estimate of drug-likeness (QED) is 0.794. The van der Waals surface area contributed by atoms with Gasteiger partial charge in [0, 0.05) is 16.7 Å². The molecule has 24 heavy (non-hydrogen) atoms. The molecule has 1 heterocycles. The van der Waals surface area contributed by atoms with Crippen LogP contribution in [0.4, 0.5) is 5.69 Å². The zero-order valence-electron chi connectivity index (χ0n) is 13.5. The molecule has 1 aliphatic rings. The predicted molar refractivity (Wildman–Crippen MR) is 96.1 cm³/mol. The van der Waals surface area contributed by atoms with Crippen LogP contribution < -0.4 is 9.64 Å².